The number of rotatable bonds is 9. The Labute approximate surface area is 399 Å². The van der Waals surface area contributed by atoms with Gasteiger partial charge in [0.2, 0.25) is 36.0 Å². The van der Waals surface area contributed by atoms with E-state index in [-0.39, 0.29) is 39.4 Å². The average Bonchev–Trinajstić information content (AvgIpc) is 4.18. The molecule has 5 heterocycles. The number of nitrogens with one attached hydrogen (secondary N) is 1. The molecule has 66 heavy (non-hydrogen) atoms. The monoisotopic (exact) mass is 1050 g/mol. The third-order valence-electron chi connectivity index (χ3n) is 12.2. The van der Waals surface area contributed by atoms with Crippen LogP contribution in [-0.2, 0) is 39.4 Å². The van der Waals surface area contributed by atoms with E-state index in [2.05, 4.69) is 65.5 Å². The number of benzene rings is 2. The van der Waals surface area contributed by atoms with Crippen LogP contribution in [0.2, 0.25) is 0 Å². The van der Waals surface area contributed by atoms with Crippen LogP contribution < -0.4 is 5.73 Å². The van der Waals surface area contributed by atoms with E-state index in [1.54, 1.807) is 13.3 Å². The standard InChI is InChI=1S/C15H20N4O3S.C9H16N2O3S.C9H14N2O2S.C6H5N3.Cl3OP/c20-15(19-14-4-2-1-3-13(14)16-17-19)11-7-9-18(10-8-11)23(21,22)12-5-6-12;10-9(12)7-3-5-11(6-4-7)15(13,14)8-1-2-8;10-7-8-3-5-11(6-4-8)14(12,13)9-1-2-9;1-2-4-6-5(3-1)7-9-8-6;1-5(2,3)4/h1-4,11-12,15,20H,5-10H2;7-8H,1-6H2,(H2,10,12);8-9H,1-6H2;1-4H,(H,7,8,9);. The number of para-hydroxylation sites is 3. The molecule has 3 aliphatic heterocycles. The highest BCUT2D eigenvalue weighted by atomic mass is 36.0. The number of carbonyl (C=O) groups excluding carboxylic acids is 1. The van der Waals surface area contributed by atoms with E-state index in [9.17, 15) is 39.7 Å². The quantitative estimate of drug-likeness (QED) is 0.180. The summed E-state index contributed by atoms with van der Waals surface area (Å²) in [6.45, 7) is 2.94. The smallest absolute Gasteiger partial charge is 0.339 e. The molecule has 2 aromatic carbocycles. The van der Waals surface area contributed by atoms with Gasteiger partial charge >= 0.3 is 5.20 Å². The van der Waals surface area contributed by atoms with E-state index in [1.165, 1.54) is 4.31 Å². The van der Waals surface area contributed by atoms with Crippen LogP contribution in [0, 0.1) is 29.1 Å². The Morgan fingerprint density at radius 2 is 1.06 bits per heavy atom. The number of nitrogens with zero attached hydrogens (tertiary/aromatic N) is 9. The zero-order valence-electron chi connectivity index (χ0n) is 36.0. The van der Waals surface area contributed by atoms with Crippen molar-refractivity contribution in [1.82, 2.24) is 43.3 Å². The molecule has 10 rings (SSSR count). The minimum absolute atomic E-state index is 0.00856. The van der Waals surface area contributed by atoms with Crippen LogP contribution in [0.4, 0.5) is 0 Å². The van der Waals surface area contributed by atoms with Crippen LogP contribution in [0.3, 0.4) is 0 Å². The van der Waals surface area contributed by atoms with E-state index in [0.717, 1.165) is 60.6 Å². The summed E-state index contributed by atoms with van der Waals surface area (Å²) in [5.74, 6) is -0.402. The van der Waals surface area contributed by atoms with Crippen molar-refractivity contribution < 1.29 is 39.7 Å². The predicted octanol–water partition coefficient (Wildman–Crippen LogP) is 5.29. The molecule has 3 saturated heterocycles. The summed E-state index contributed by atoms with van der Waals surface area (Å²) < 4.78 is 87.5. The molecule has 3 saturated carbocycles. The Morgan fingerprint density at radius 3 is 1.45 bits per heavy atom. The highest BCUT2D eigenvalue weighted by Gasteiger charge is 2.44. The second-order valence-corrected chi connectivity index (χ2v) is 30.3. The summed E-state index contributed by atoms with van der Waals surface area (Å²) in [5, 5.41) is 34.1. The van der Waals surface area contributed by atoms with Gasteiger partial charge in [0.25, 0.3) is 0 Å². The van der Waals surface area contributed by atoms with Gasteiger partial charge in [-0.2, -0.15) is 20.7 Å². The average molecular weight is 1060 g/mol. The van der Waals surface area contributed by atoms with Crippen LogP contribution >= 0.6 is 38.9 Å². The van der Waals surface area contributed by atoms with Gasteiger partial charge in [-0.25, -0.2) is 42.9 Å². The molecule has 0 spiro atoms. The predicted molar refractivity (Wildman–Crippen MR) is 251 cm³/mol. The number of nitriles is 1. The molecule has 0 radical (unpaired) electrons. The summed E-state index contributed by atoms with van der Waals surface area (Å²) in [5.41, 5.74) is 8.57. The lowest BCUT2D eigenvalue weighted by molar-refractivity contribution is -0.122. The van der Waals surface area contributed by atoms with Crippen LogP contribution in [0.5, 0.6) is 0 Å². The number of H-pyrrole nitrogens is 1. The van der Waals surface area contributed by atoms with Crippen LogP contribution in [0.25, 0.3) is 22.1 Å². The number of aromatic amines is 1. The molecule has 1 atom stereocenters. The third kappa shape index (κ3) is 14.5. The lowest BCUT2D eigenvalue weighted by Crippen LogP contribution is -2.42. The van der Waals surface area contributed by atoms with Crippen LogP contribution in [0.1, 0.15) is 83.3 Å². The Kier molecular flexibility index (Phi) is 17.9. The second-order valence-electron chi connectivity index (χ2n) is 17.0. The number of halogens is 3. The number of fused-ring (bicyclic) bond motifs is 2. The van der Waals surface area contributed by atoms with Gasteiger partial charge in [0, 0.05) is 57.0 Å². The van der Waals surface area contributed by atoms with Crippen molar-refractivity contribution in [2.24, 2.45) is 23.5 Å². The molecule has 6 aliphatic rings. The lowest BCUT2D eigenvalue weighted by atomic mass is 9.96. The number of primary amides is 1. The van der Waals surface area contributed by atoms with Gasteiger partial charge in [-0.3, -0.25) is 9.36 Å². The Morgan fingerprint density at radius 1 is 0.682 bits per heavy atom. The van der Waals surface area contributed by atoms with Gasteiger partial charge in [-0.15, -0.1) is 5.10 Å². The zero-order chi connectivity index (χ0) is 47.9. The lowest BCUT2D eigenvalue weighted by Gasteiger charge is -2.33. The number of sulfonamides is 3. The van der Waals surface area contributed by atoms with Crippen molar-refractivity contribution in [3.05, 3.63) is 48.5 Å². The SMILES string of the molecule is N#CC1CCN(S(=O)(=O)C2CC2)CC1.NC(=O)C1CCN(S(=O)(=O)C2CC2)CC1.O=P(Cl)(Cl)Cl.O=S(=O)(C1CC1)N1CCC(C(O)n2nnc3ccccc32)CC1.c1ccc2n[nH]nc2c1. The number of aromatic nitrogens is 6. The number of amides is 1. The number of aliphatic hydroxyl groups is 1. The zero-order valence-corrected chi connectivity index (χ0v) is 41.6. The number of aliphatic hydroxyl groups excluding tert-OH is 1. The van der Waals surface area contributed by atoms with E-state index < -0.39 is 41.5 Å². The van der Waals surface area contributed by atoms with E-state index in [4.69, 9.17) is 11.0 Å². The van der Waals surface area contributed by atoms with Crippen molar-refractivity contribution in [2.45, 2.75) is 99.0 Å². The first kappa shape index (κ1) is 52.4. The highest BCUT2D eigenvalue weighted by Crippen LogP contribution is 2.61. The van der Waals surface area contributed by atoms with Crippen molar-refractivity contribution in [2.75, 3.05) is 39.3 Å². The summed E-state index contributed by atoms with van der Waals surface area (Å²) >= 11 is 13.8. The van der Waals surface area contributed by atoms with Crippen LogP contribution in [-0.4, -0.2) is 135 Å². The summed E-state index contributed by atoms with van der Waals surface area (Å²) in [6, 6.07) is 17.4. The van der Waals surface area contributed by atoms with Crippen molar-refractivity contribution in [3.8, 4) is 6.07 Å². The molecule has 20 nitrogen and oxygen atoms in total. The van der Waals surface area contributed by atoms with E-state index in [0.29, 0.717) is 77.8 Å². The fraction of sp³-hybridized carbons (Fsp3) is 0.641. The maximum Gasteiger partial charge on any atom is 0.339 e. The molecular weight excluding hydrogens is 1000 g/mol. The molecule has 6 fully saturated rings. The molecule has 364 valence electrons. The van der Waals surface area contributed by atoms with Gasteiger partial charge in [-0.05, 0) is 135 Å². The fourth-order valence-electron chi connectivity index (χ4n) is 7.86. The molecule has 3 aliphatic carbocycles. The van der Waals surface area contributed by atoms with Gasteiger partial charge in [0.1, 0.15) is 16.6 Å². The molecule has 2 aromatic heterocycles. The number of carbonyl (C=O) groups is 1. The maximum atomic E-state index is 12.3. The largest absolute Gasteiger partial charge is 0.371 e. The van der Waals surface area contributed by atoms with Gasteiger partial charge < -0.3 is 10.8 Å². The van der Waals surface area contributed by atoms with Gasteiger partial charge in [0.15, 0.2) is 6.23 Å². The Bertz CT molecular complexity index is 2650. The number of piperidine rings is 3. The van der Waals surface area contributed by atoms with Crippen LogP contribution in [0.15, 0.2) is 48.5 Å². The number of nitrogens with two attached hydrogens (primary N) is 1. The Balaban J connectivity index is 0.000000147. The van der Waals surface area contributed by atoms with Crippen molar-refractivity contribution in [3.63, 3.8) is 0 Å². The summed E-state index contributed by atoms with van der Waals surface area (Å²) in [4.78, 5) is 10.9. The van der Waals surface area contributed by atoms with E-state index >= 15 is 0 Å². The highest BCUT2D eigenvalue weighted by molar-refractivity contribution is 8.24. The summed E-state index contributed by atoms with van der Waals surface area (Å²) in [7, 11) is -9.16. The van der Waals surface area contributed by atoms with Crippen molar-refractivity contribution >= 4 is 97.0 Å². The van der Waals surface area contributed by atoms with Gasteiger partial charge in [-0.1, -0.05) is 29.5 Å². The topological polar surface area (TPSA) is 289 Å². The van der Waals surface area contributed by atoms with E-state index in [1.807, 2.05) is 48.5 Å². The number of hydrogen-bond donors (Lipinski definition) is 3. The molecule has 27 heteroatoms. The second kappa shape index (κ2) is 22.6. The fourth-order valence-corrected chi connectivity index (χ4v) is 13.5. The summed E-state index contributed by atoms with van der Waals surface area (Å²) in [6.07, 6.45) is 7.84. The minimum Gasteiger partial charge on any atom is -0.371 e. The molecule has 4 aromatic rings. The molecule has 4 N–H and O–H groups in total. The molecule has 0 bridgehead atoms. The third-order valence-corrected chi connectivity index (χ3v) is 19.4. The minimum atomic E-state index is -3.22. The Hall–Kier alpha value is -3.01. The molecule has 1 unspecified atom stereocenters. The first-order chi connectivity index (χ1) is 31.2. The van der Waals surface area contributed by atoms with Gasteiger partial charge in [0.05, 0.1) is 27.3 Å². The normalized spacial score (nSPS) is 21.4. The maximum absolute atomic E-state index is 12.3. The molecule has 1 amide bonds. The number of hydrogen-bond acceptors (Lipinski definition) is 14. The van der Waals surface area contributed by atoms with Crippen molar-refractivity contribution in [1.29, 1.82) is 5.26 Å². The molecular formula is C39H55Cl3N11O9PS3. The first-order valence-corrected chi connectivity index (χ1v) is 30.7. The first-order valence-electron chi connectivity index (χ1n) is 21.8.